The molecule has 1 aromatic rings. The highest BCUT2D eigenvalue weighted by Gasteiger charge is 2.18. The van der Waals surface area contributed by atoms with Crippen LogP contribution in [-0.2, 0) is 6.42 Å². The Bertz CT molecular complexity index is 325. The van der Waals surface area contributed by atoms with E-state index in [9.17, 15) is 4.39 Å². The fourth-order valence-electron chi connectivity index (χ4n) is 1.87. The van der Waals surface area contributed by atoms with Crippen molar-refractivity contribution in [1.82, 2.24) is 0 Å². The van der Waals surface area contributed by atoms with E-state index in [1.165, 1.54) is 6.07 Å². The van der Waals surface area contributed by atoms with Gasteiger partial charge < -0.3 is 5.73 Å². The molecule has 0 bridgehead atoms. The van der Waals surface area contributed by atoms with Crippen molar-refractivity contribution < 1.29 is 4.39 Å². The lowest BCUT2D eigenvalue weighted by molar-refractivity contribution is 0.413. The number of nitrogens with two attached hydrogens (primary N) is 1. The lowest BCUT2D eigenvalue weighted by Gasteiger charge is -2.24. The van der Waals surface area contributed by atoms with Crippen LogP contribution in [0.1, 0.15) is 31.7 Å². The summed E-state index contributed by atoms with van der Waals surface area (Å²) in [5, 5.41) is 0. The van der Waals surface area contributed by atoms with E-state index in [0.29, 0.717) is 12.7 Å². The minimum absolute atomic E-state index is 0.199. The molecule has 1 atom stereocenters. The summed E-state index contributed by atoms with van der Waals surface area (Å²) < 4.78 is 13.0. The highest BCUT2D eigenvalue weighted by Crippen LogP contribution is 2.18. The predicted molar refractivity (Wildman–Crippen MR) is 67.1 cm³/mol. The summed E-state index contributed by atoms with van der Waals surface area (Å²) in [6.07, 6.45) is 4.35. The van der Waals surface area contributed by atoms with E-state index in [2.05, 4.69) is 0 Å². The molecule has 86 valence electrons. The Morgan fingerprint density at radius 2 is 2.12 bits per heavy atom. The summed E-state index contributed by atoms with van der Waals surface area (Å²) in [5.41, 5.74) is 6.86. The Kier molecular flexibility index (Phi) is 5.00. The van der Waals surface area contributed by atoms with Gasteiger partial charge in [-0.05, 0) is 37.5 Å². The van der Waals surface area contributed by atoms with Crippen molar-refractivity contribution in [2.45, 2.75) is 44.5 Å². The second-order valence-corrected chi connectivity index (χ2v) is 4.71. The van der Waals surface area contributed by atoms with Crippen molar-refractivity contribution in [3.8, 4) is 0 Å². The minimum atomic E-state index is -0.275. The third-order valence-electron chi connectivity index (χ3n) is 2.70. The highest BCUT2D eigenvalue weighted by atomic mass is 19.1. The summed E-state index contributed by atoms with van der Waals surface area (Å²) >= 11 is 0. The average molecular weight is 219 g/mol. The van der Waals surface area contributed by atoms with Crippen molar-refractivity contribution in [3.05, 3.63) is 35.6 Å². The molecule has 0 saturated heterocycles. The molecule has 0 aromatic heterocycles. The Morgan fingerprint density at radius 1 is 1.38 bits per heavy atom. The maximum atomic E-state index is 13.0. The SMILES string of the molecule is [B]CCCCC(C)(N)Cc1cccc(F)c1. The van der Waals surface area contributed by atoms with E-state index >= 15 is 0 Å². The van der Waals surface area contributed by atoms with Gasteiger partial charge in [0.25, 0.3) is 0 Å². The molecule has 16 heavy (non-hydrogen) atoms. The molecule has 0 amide bonds. The van der Waals surface area contributed by atoms with Gasteiger partial charge in [-0.1, -0.05) is 31.3 Å². The fourth-order valence-corrected chi connectivity index (χ4v) is 1.87. The molecule has 0 aliphatic heterocycles. The van der Waals surface area contributed by atoms with Crippen LogP contribution in [0.3, 0.4) is 0 Å². The third-order valence-corrected chi connectivity index (χ3v) is 2.70. The van der Waals surface area contributed by atoms with E-state index in [0.717, 1.165) is 24.8 Å². The molecule has 0 aliphatic carbocycles. The quantitative estimate of drug-likeness (QED) is 0.577. The zero-order valence-corrected chi connectivity index (χ0v) is 9.88. The zero-order valence-electron chi connectivity index (χ0n) is 9.88. The number of benzene rings is 1. The van der Waals surface area contributed by atoms with Crippen LogP contribution in [0.5, 0.6) is 0 Å². The smallest absolute Gasteiger partial charge is 0.123 e. The van der Waals surface area contributed by atoms with Crippen LogP contribution in [0, 0.1) is 5.82 Å². The van der Waals surface area contributed by atoms with Gasteiger partial charge in [-0.3, -0.25) is 0 Å². The molecule has 0 saturated carbocycles. The topological polar surface area (TPSA) is 26.0 Å². The monoisotopic (exact) mass is 219 g/mol. The van der Waals surface area contributed by atoms with Gasteiger partial charge in [0, 0.05) is 5.54 Å². The van der Waals surface area contributed by atoms with Gasteiger partial charge in [-0.15, -0.1) is 0 Å². The maximum Gasteiger partial charge on any atom is 0.123 e. The summed E-state index contributed by atoms with van der Waals surface area (Å²) in [5.74, 6) is -0.199. The first-order valence-corrected chi connectivity index (χ1v) is 5.77. The number of halogens is 1. The second kappa shape index (κ2) is 6.04. The molecule has 0 spiro atoms. The molecule has 0 aliphatic rings. The van der Waals surface area contributed by atoms with Gasteiger partial charge >= 0.3 is 0 Å². The number of hydrogen-bond acceptors (Lipinski definition) is 1. The van der Waals surface area contributed by atoms with Crippen LogP contribution in [-0.4, -0.2) is 13.4 Å². The average Bonchev–Trinajstić information content (AvgIpc) is 2.17. The molecule has 1 unspecified atom stereocenters. The van der Waals surface area contributed by atoms with Crippen LogP contribution >= 0.6 is 0 Å². The second-order valence-electron chi connectivity index (χ2n) is 4.71. The fraction of sp³-hybridized carbons (Fsp3) is 0.538. The molecule has 1 rings (SSSR count). The molecule has 3 heteroatoms. The summed E-state index contributed by atoms with van der Waals surface area (Å²) in [7, 11) is 5.44. The normalized spacial score (nSPS) is 14.7. The number of rotatable bonds is 6. The summed E-state index contributed by atoms with van der Waals surface area (Å²) in [6.45, 7) is 2.01. The first-order valence-electron chi connectivity index (χ1n) is 5.77. The largest absolute Gasteiger partial charge is 0.325 e. The molecule has 0 fully saturated rings. The lowest BCUT2D eigenvalue weighted by Crippen LogP contribution is -2.38. The highest BCUT2D eigenvalue weighted by molar-refractivity contribution is 6.08. The maximum absolute atomic E-state index is 13.0. The van der Waals surface area contributed by atoms with E-state index in [1.54, 1.807) is 12.1 Å². The van der Waals surface area contributed by atoms with Crippen LogP contribution in [0.15, 0.2) is 24.3 Å². The molecule has 0 heterocycles. The van der Waals surface area contributed by atoms with E-state index < -0.39 is 0 Å². The van der Waals surface area contributed by atoms with Gasteiger partial charge in [-0.25, -0.2) is 4.39 Å². The Hall–Kier alpha value is -0.825. The van der Waals surface area contributed by atoms with Gasteiger partial charge in [0.05, 0.1) is 7.85 Å². The molecular weight excluding hydrogens is 200 g/mol. The van der Waals surface area contributed by atoms with Gasteiger partial charge in [0.15, 0.2) is 0 Å². The van der Waals surface area contributed by atoms with Crippen LogP contribution < -0.4 is 5.73 Å². The first-order chi connectivity index (χ1) is 7.53. The third kappa shape index (κ3) is 4.80. The van der Waals surface area contributed by atoms with E-state index in [1.807, 2.05) is 13.0 Å². The van der Waals surface area contributed by atoms with Crippen molar-refractivity contribution in [2.24, 2.45) is 5.73 Å². The standard InChI is InChI=1S/C13H19BFN/c1-13(16,7-2-3-8-14)10-11-5-4-6-12(15)9-11/h4-6,9H,2-3,7-8,10,16H2,1H3. The predicted octanol–water partition coefficient (Wildman–Crippen LogP) is 2.84. The summed E-state index contributed by atoms with van der Waals surface area (Å²) in [6, 6.07) is 6.64. The first kappa shape index (κ1) is 13.2. The zero-order chi connectivity index (χ0) is 12.0. The van der Waals surface area contributed by atoms with Crippen LogP contribution in [0.2, 0.25) is 6.32 Å². The van der Waals surface area contributed by atoms with E-state index in [4.69, 9.17) is 13.6 Å². The van der Waals surface area contributed by atoms with Crippen LogP contribution in [0.25, 0.3) is 0 Å². The molecule has 2 radical (unpaired) electrons. The van der Waals surface area contributed by atoms with Crippen molar-refractivity contribution in [1.29, 1.82) is 0 Å². The molecular formula is C13H19BFN. The van der Waals surface area contributed by atoms with Crippen molar-refractivity contribution in [3.63, 3.8) is 0 Å². The van der Waals surface area contributed by atoms with Crippen LogP contribution in [0.4, 0.5) is 4.39 Å². The lowest BCUT2D eigenvalue weighted by atomic mass is 9.87. The van der Waals surface area contributed by atoms with Crippen molar-refractivity contribution >= 4 is 7.85 Å². The number of hydrogen-bond donors (Lipinski definition) is 1. The van der Waals surface area contributed by atoms with E-state index in [-0.39, 0.29) is 11.4 Å². The Labute approximate surface area is 98.6 Å². The molecule has 2 N–H and O–H groups in total. The van der Waals surface area contributed by atoms with Crippen molar-refractivity contribution in [2.75, 3.05) is 0 Å². The Balaban J connectivity index is 2.51. The van der Waals surface area contributed by atoms with Gasteiger partial charge in [-0.2, -0.15) is 0 Å². The van der Waals surface area contributed by atoms with Gasteiger partial charge in [0.1, 0.15) is 5.82 Å². The molecule has 1 aromatic carbocycles. The summed E-state index contributed by atoms with van der Waals surface area (Å²) in [4.78, 5) is 0. The minimum Gasteiger partial charge on any atom is -0.325 e. The number of unbranched alkanes of at least 4 members (excludes halogenated alkanes) is 1. The Morgan fingerprint density at radius 3 is 2.75 bits per heavy atom. The molecule has 1 nitrogen and oxygen atoms in total. The van der Waals surface area contributed by atoms with Gasteiger partial charge in [0.2, 0.25) is 0 Å².